The van der Waals surface area contributed by atoms with E-state index < -0.39 is 0 Å². The topological polar surface area (TPSA) is 20.3 Å². The van der Waals surface area contributed by atoms with Crippen LogP contribution in [0.15, 0.2) is 42.5 Å². The van der Waals surface area contributed by atoms with Crippen LogP contribution in [0.4, 0.5) is 0 Å². The minimum Gasteiger partial charge on any atom is -0.302 e. The summed E-state index contributed by atoms with van der Waals surface area (Å²) in [7, 11) is 2.03. The maximum Gasteiger partial charge on any atom is 0.174 e. The summed E-state index contributed by atoms with van der Waals surface area (Å²) in [6.07, 6.45) is 0.528. The van der Waals surface area contributed by atoms with Gasteiger partial charge in [-0.15, -0.1) is 11.3 Å². The van der Waals surface area contributed by atoms with Gasteiger partial charge in [0.15, 0.2) is 5.78 Å². The number of carbonyl (C=O) groups is 1. The lowest BCUT2D eigenvalue weighted by Gasteiger charge is -2.15. The molecule has 4 heteroatoms. The first-order chi connectivity index (χ1) is 9.15. The third-order valence-electron chi connectivity index (χ3n) is 2.86. The SMILES string of the molecule is CN(CCC(=O)c1ccc(Cl)s1)Cc1ccccc1. The van der Waals surface area contributed by atoms with Gasteiger partial charge in [0, 0.05) is 19.5 Å². The Kier molecular flexibility index (Phi) is 5.14. The minimum atomic E-state index is 0.164. The van der Waals surface area contributed by atoms with Crippen molar-refractivity contribution in [3.05, 3.63) is 57.2 Å². The van der Waals surface area contributed by atoms with Crippen LogP contribution in [-0.4, -0.2) is 24.3 Å². The van der Waals surface area contributed by atoms with E-state index >= 15 is 0 Å². The van der Waals surface area contributed by atoms with E-state index in [1.807, 2.05) is 25.2 Å². The molecule has 2 nitrogen and oxygen atoms in total. The minimum absolute atomic E-state index is 0.164. The van der Waals surface area contributed by atoms with Crippen LogP contribution in [0.5, 0.6) is 0 Å². The first-order valence-electron chi connectivity index (χ1n) is 6.16. The maximum atomic E-state index is 11.9. The van der Waals surface area contributed by atoms with Crippen molar-refractivity contribution in [2.24, 2.45) is 0 Å². The Morgan fingerprint density at radius 3 is 2.58 bits per heavy atom. The number of carbonyl (C=O) groups excluding carboxylic acids is 1. The predicted octanol–water partition coefficient (Wildman–Crippen LogP) is 4.11. The Labute approximate surface area is 122 Å². The number of halogens is 1. The molecule has 0 aliphatic rings. The highest BCUT2D eigenvalue weighted by molar-refractivity contribution is 7.18. The summed E-state index contributed by atoms with van der Waals surface area (Å²) in [5, 5.41) is 0. The molecule has 1 heterocycles. The van der Waals surface area contributed by atoms with Gasteiger partial charge < -0.3 is 4.90 Å². The standard InChI is InChI=1S/C15H16ClNOS/c1-17(11-12-5-3-2-4-6-12)10-9-13(18)14-7-8-15(16)19-14/h2-8H,9-11H2,1H3. The second-order valence-electron chi connectivity index (χ2n) is 4.50. The van der Waals surface area contributed by atoms with E-state index in [2.05, 4.69) is 17.0 Å². The van der Waals surface area contributed by atoms with Crippen LogP contribution in [0.1, 0.15) is 21.7 Å². The molecule has 0 saturated heterocycles. The largest absolute Gasteiger partial charge is 0.302 e. The monoisotopic (exact) mass is 293 g/mol. The molecule has 0 unspecified atom stereocenters. The summed E-state index contributed by atoms with van der Waals surface area (Å²) >= 11 is 7.18. The third kappa shape index (κ3) is 4.46. The summed E-state index contributed by atoms with van der Waals surface area (Å²) in [5.41, 5.74) is 1.26. The van der Waals surface area contributed by atoms with E-state index in [0.29, 0.717) is 10.8 Å². The number of hydrogen-bond donors (Lipinski definition) is 0. The van der Waals surface area contributed by atoms with Crippen LogP contribution in [0, 0.1) is 0 Å². The van der Waals surface area contributed by atoms with Crippen LogP contribution in [0.2, 0.25) is 4.34 Å². The normalized spacial score (nSPS) is 10.9. The number of benzene rings is 1. The molecule has 0 spiro atoms. The molecule has 0 bridgehead atoms. The third-order valence-corrected chi connectivity index (χ3v) is 4.14. The molecule has 0 fully saturated rings. The molecule has 0 N–H and O–H groups in total. The van der Waals surface area contributed by atoms with Gasteiger partial charge in [0.1, 0.15) is 0 Å². The summed E-state index contributed by atoms with van der Waals surface area (Å²) in [6.45, 7) is 1.61. The van der Waals surface area contributed by atoms with Gasteiger partial charge in [-0.3, -0.25) is 4.79 Å². The van der Waals surface area contributed by atoms with Gasteiger partial charge >= 0.3 is 0 Å². The Balaban J connectivity index is 1.80. The fraction of sp³-hybridized carbons (Fsp3) is 0.267. The summed E-state index contributed by atoms with van der Waals surface area (Å²) in [4.78, 5) is 14.8. The molecule has 19 heavy (non-hydrogen) atoms. The molecule has 1 aromatic heterocycles. The Hall–Kier alpha value is -1.16. The molecule has 0 atom stereocenters. The number of hydrogen-bond acceptors (Lipinski definition) is 3. The highest BCUT2D eigenvalue weighted by atomic mass is 35.5. The van der Waals surface area contributed by atoms with Gasteiger partial charge in [0.25, 0.3) is 0 Å². The van der Waals surface area contributed by atoms with Crippen molar-refractivity contribution in [1.29, 1.82) is 0 Å². The van der Waals surface area contributed by atoms with Crippen LogP contribution in [0.25, 0.3) is 0 Å². The van der Waals surface area contributed by atoms with Gasteiger partial charge in [-0.1, -0.05) is 41.9 Å². The second kappa shape index (κ2) is 6.85. The van der Waals surface area contributed by atoms with Crippen LogP contribution >= 0.6 is 22.9 Å². The summed E-state index contributed by atoms with van der Waals surface area (Å²) < 4.78 is 0.668. The average molecular weight is 294 g/mol. The molecule has 1 aromatic carbocycles. The van der Waals surface area contributed by atoms with E-state index in [9.17, 15) is 4.79 Å². The van der Waals surface area contributed by atoms with Crippen molar-refractivity contribution in [3.63, 3.8) is 0 Å². The highest BCUT2D eigenvalue weighted by Gasteiger charge is 2.10. The smallest absolute Gasteiger partial charge is 0.174 e. The molecular weight excluding hydrogens is 278 g/mol. The van der Waals surface area contributed by atoms with Crippen molar-refractivity contribution in [2.45, 2.75) is 13.0 Å². The van der Waals surface area contributed by atoms with E-state index in [4.69, 9.17) is 11.6 Å². The first kappa shape index (κ1) is 14.3. The number of ketones is 1. The Morgan fingerprint density at radius 2 is 1.95 bits per heavy atom. The van der Waals surface area contributed by atoms with Crippen molar-refractivity contribution >= 4 is 28.7 Å². The molecule has 0 amide bonds. The fourth-order valence-corrected chi connectivity index (χ4v) is 2.86. The molecular formula is C15H16ClNOS. The van der Waals surface area contributed by atoms with E-state index in [-0.39, 0.29) is 5.78 Å². The second-order valence-corrected chi connectivity index (χ2v) is 6.22. The van der Waals surface area contributed by atoms with Gasteiger partial charge in [-0.25, -0.2) is 0 Å². The Morgan fingerprint density at radius 1 is 1.21 bits per heavy atom. The van der Waals surface area contributed by atoms with E-state index in [1.165, 1.54) is 16.9 Å². The number of nitrogens with zero attached hydrogens (tertiary/aromatic N) is 1. The zero-order chi connectivity index (χ0) is 13.7. The quantitative estimate of drug-likeness (QED) is 0.747. The van der Waals surface area contributed by atoms with Crippen molar-refractivity contribution in [1.82, 2.24) is 4.90 Å². The molecule has 100 valence electrons. The molecule has 0 aliphatic heterocycles. The molecule has 0 radical (unpaired) electrons. The maximum absolute atomic E-state index is 11.9. The average Bonchev–Trinajstić information content (AvgIpc) is 2.84. The number of Topliss-reactive ketones (excluding diaryl/α,β-unsaturated/α-hetero) is 1. The lowest BCUT2D eigenvalue weighted by molar-refractivity contribution is 0.0972. The predicted molar refractivity (Wildman–Crippen MR) is 81.1 cm³/mol. The van der Waals surface area contributed by atoms with Crippen LogP contribution < -0.4 is 0 Å². The Bertz CT molecular complexity index is 538. The number of rotatable bonds is 6. The lowest BCUT2D eigenvalue weighted by atomic mass is 10.2. The first-order valence-corrected chi connectivity index (χ1v) is 7.35. The van der Waals surface area contributed by atoms with Gasteiger partial charge in [-0.05, 0) is 24.7 Å². The zero-order valence-electron chi connectivity index (χ0n) is 10.8. The summed E-state index contributed by atoms with van der Waals surface area (Å²) in [6, 6.07) is 13.8. The fourth-order valence-electron chi connectivity index (χ4n) is 1.85. The number of thiophene rings is 1. The van der Waals surface area contributed by atoms with Gasteiger partial charge in [0.2, 0.25) is 0 Å². The molecule has 2 rings (SSSR count). The molecule has 0 aliphatic carbocycles. The van der Waals surface area contributed by atoms with Crippen LogP contribution in [-0.2, 0) is 6.54 Å². The van der Waals surface area contributed by atoms with Gasteiger partial charge in [-0.2, -0.15) is 0 Å². The zero-order valence-corrected chi connectivity index (χ0v) is 12.4. The van der Waals surface area contributed by atoms with Crippen molar-refractivity contribution in [2.75, 3.05) is 13.6 Å². The van der Waals surface area contributed by atoms with Gasteiger partial charge in [0.05, 0.1) is 9.21 Å². The van der Waals surface area contributed by atoms with E-state index in [1.54, 1.807) is 12.1 Å². The molecule has 0 saturated carbocycles. The molecule has 2 aromatic rings. The van der Waals surface area contributed by atoms with Crippen molar-refractivity contribution < 1.29 is 4.79 Å². The highest BCUT2D eigenvalue weighted by Crippen LogP contribution is 2.22. The van der Waals surface area contributed by atoms with Crippen molar-refractivity contribution in [3.8, 4) is 0 Å². The van der Waals surface area contributed by atoms with Crippen LogP contribution in [0.3, 0.4) is 0 Å². The summed E-state index contributed by atoms with van der Waals surface area (Å²) in [5.74, 6) is 0.164. The lowest BCUT2D eigenvalue weighted by Crippen LogP contribution is -2.21. The van der Waals surface area contributed by atoms with E-state index in [0.717, 1.165) is 18.0 Å².